The molecule has 1 fully saturated rings. The number of halogens is 1. The Kier molecular flexibility index (Phi) is 4.30. The molecule has 0 saturated heterocycles. The minimum atomic E-state index is -0.868. The normalized spacial score (nSPS) is 20.9. The summed E-state index contributed by atoms with van der Waals surface area (Å²) in [7, 11) is 0. The molecule has 0 radical (unpaired) electrons. The Morgan fingerprint density at radius 2 is 1.95 bits per heavy atom. The molecule has 5 heteroatoms. The number of aliphatic carboxylic acids is 1. The van der Waals surface area contributed by atoms with Crippen LogP contribution in [0.25, 0.3) is 0 Å². The van der Waals surface area contributed by atoms with Crippen molar-refractivity contribution in [2.75, 3.05) is 0 Å². The Morgan fingerprint density at radius 3 is 2.52 bits per heavy atom. The summed E-state index contributed by atoms with van der Waals surface area (Å²) in [4.78, 5) is 22.8. The second-order valence-corrected chi connectivity index (χ2v) is 6.27. The van der Waals surface area contributed by atoms with E-state index in [9.17, 15) is 14.0 Å². The van der Waals surface area contributed by atoms with E-state index in [-0.39, 0.29) is 30.0 Å². The molecule has 2 N–H and O–H groups in total. The summed E-state index contributed by atoms with van der Waals surface area (Å²) in [5, 5.41) is 11.6. The highest BCUT2D eigenvalue weighted by atomic mass is 19.1. The summed E-state index contributed by atoms with van der Waals surface area (Å²) < 4.78 is 12.9. The standard InChI is InChI=1S/C16H20FNO3/c1-16(2,8-7-14(19)20)18-15(21)13-9-12(13)10-3-5-11(17)6-4-10/h3-6,12-13H,7-9H2,1-2H3,(H,18,21)(H,19,20). The zero-order valence-corrected chi connectivity index (χ0v) is 12.2. The number of carbonyl (C=O) groups is 2. The molecule has 0 spiro atoms. The Balaban J connectivity index is 1.88. The van der Waals surface area contributed by atoms with E-state index in [1.165, 1.54) is 12.1 Å². The molecule has 0 aromatic heterocycles. The molecular weight excluding hydrogens is 273 g/mol. The number of carboxylic acid groups (broad SMARTS) is 1. The van der Waals surface area contributed by atoms with Gasteiger partial charge in [0, 0.05) is 17.9 Å². The lowest BCUT2D eigenvalue weighted by molar-refractivity contribution is -0.138. The van der Waals surface area contributed by atoms with Crippen LogP contribution in [0.1, 0.15) is 44.6 Å². The van der Waals surface area contributed by atoms with Crippen LogP contribution in [0.3, 0.4) is 0 Å². The van der Waals surface area contributed by atoms with Gasteiger partial charge in [0.1, 0.15) is 5.82 Å². The molecule has 4 nitrogen and oxygen atoms in total. The number of amides is 1. The molecule has 2 unspecified atom stereocenters. The second-order valence-electron chi connectivity index (χ2n) is 6.27. The molecule has 0 heterocycles. The summed E-state index contributed by atoms with van der Waals surface area (Å²) in [6.07, 6.45) is 1.17. The number of hydrogen-bond acceptors (Lipinski definition) is 2. The van der Waals surface area contributed by atoms with Crippen molar-refractivity contribution in [1.82, 2.24) is 5.32 Å². The van der Waals surface area contributed by atoms with Crippen LogP contribution < -0.4 is 5.32 Å². The van der Waals surface area contributed by atoms with Gasteiger partial charge in [0.25, 0.3) is 0 Å². The van der Waals surface area contributed by atoms with Crippen LogP contribution in [-0.2, 0) is 9.59 Å². The molecule has 2 atom stereocenters. The van der Waals surface area contributed by atoms with E-state index in [1.54, 1.807) is 12.1 Å². The highest BCUT2D eigenvalue weighted by Gasteiger charge is 2.45. The van der Waals surface area contributed by atoms with Gasteiger partial charge < -0.3 is 10.4 Å². The van der Waals surface area contributed by atoms with E-state index >= 15 is 0 Å². The summed E-state index contributed by atoms with van der Waals surface area (Å²) in [6, 6.07) is 6.23. The van der Waals surface area contributed by atoms with Gasteiger partial charge in [-0.1, -0.05) is 12.1 Å². The highest BCUT2D eigenvalue weighted by Crippen LogP contribution is 2.47. The Bertz CT molecular complexity index is 539. The number of carbonyl (C=O) groups excluding carboxylic acids is 1. The molecule has 1 amide bonds. The molecule has 2 rings (SSSR count). The quantitative estimate of drug-likeness (QED) is 0.847. The molecule has 1 aliphatic carbocycles. The van der Waals surface area contributed by atoms with Crippen molar-refractivity contribution in [2.24, 2.45) is 5.92 Å². The average molecular weight is 293 g/mol. The number of benzene rings is 1. The fraction of sp³-hybridized carbons (Fsp3) is 0.500. The van der Waals surface area contributed by atoms with Crippen LogP contribution in [0.2, 0.25) is 0 Å². The minimum absolute atomic E-state index is 0.0271. The van der Waals surface area contributed by atoms with Gasteiger partial charge >= 0.3 is 5.97 Å². The van der Waals surface area contributed by atoms with Crippen molar-refractivity contribution < 1.29 is 19.1 Å². The van der Waals surface area contributed by atoms with Gasteiger partial charge in [-0.25, -0.2) is 4.39 Å². The number of carboxylic acids is 1. The van der Waals surface area contributed by atoms with Gasteiger partial charge in [-0.05, 0) is 50.3 Å². The van der Waals surface area contributed by atoms with Crippen molar-refractivity contribution in [3.8, 4) is 0 Å². The van der Waals surface area contributed by atoms with Crippen molar-refractivity contribution in [3.05, 3.63) is 35.6 Å². The number of hydrogen-bond donors (Lipinski definition) is 2. The van der Waals surface area contributed by atoms with Gasteiger partial charge in [0.2, 0.25) is 5.91 Å². The van der Waals surface area contributed by atoms with Crippen LogP contribution in [0.5, 0.6) is 0 Å². The summed E-state index contributed by atoms with van der Waals surface area (Å²) in [6.45, 7) is 3.65. The van der Waals surface area contributed by atoms with Crippen molar-refractivity contribution in [3.63, 3.8) is 0 Å². The molecule has 114 valence electrons. The number of rotatable bonds is 6. The van der Waals surface area contributed by atoms with Crippen molar-refractivity contribution >= 4 is 11.9 Å². The Morgan fingerprint density at radius 1 is 1.33 bits per heavy atom. The van der Waals surface area contributed by atoms with Crippen molar-refractivity contribution in [2.45, 2.75) is 44.6 Å². The molecule has 1 aliphatic rings. The highest BCUT2D eigenvalue weighted by molar-refractivity contribution is 5.83. The third-order valence-corrected chi connectivity index (χ3v) is 3.85. The van der Waals surface area contributed by atoms with Crippen LogP contribution in [0.15, 0.2) is 24.3 Å². The predicted octanol–water partition coefficient (Wildman–Crippen LogP) is 2.69. The van der Waals surface area contributed by atoms with Crippen LogP contribution in [-0.4, -0.2) is 22.5 Å². The van der Waals surface area contributed by atoms with Crippen LogP contribution >= 0.6 is 0 Å². The molecule has 1 aromatic carbocycles. The maximum atomic E-state index is 12.9. The third-order valence-electron chi connectivity index (χ3n) is 3.85. The Hall–Kier alpha value is -1.91. The molecule has 1 aromatic rings. The van der Waals surface area contributed by atoms with Gasteiger partial charge in [0.15, 0.2) is 0 Å². The first-order valence-electron chi connectivity index (χ1n) is 7.08. The van der Waals surface area contributed by atoms with E-state index in [0.717, 1.165) is 12.0 Å². The van der Waals surface area contributed by atoms with Crippen LogP contribution in [0, 0.1) is 11.7 Å². The van der Waals surface area contributed by atoms with E-state index in [4.69, 9.17) is 5.11 Å². The van der Waals surface area contributed by atoms with E-state index < -0.39 is 11.5 Å². The smallest absolute Gasteiger partial charge is 0.303 e. The summed E-state index contributed by atoms with van der Waals surface area (Å²) >= 11 is 0. The topological polar surface area (TPSA) is 66.4 Å². The lowest BCUT2D eigenvalue weighted by Gasteiger charge is -2.25. The molecular formula is C16H20FNO3. The van der Waals surface area contributed by atoms with Crippen molar-refractivity contribution in [1.29, 1.82) is 0 Å². The maximum Gasteiger partial charge on any atom is 0.303 e. The SMILES string of the molecule is CC(C)(CCC(=O)O)NC(=O)C1CC1c1ccc(F)cc1. The van der Waals surface area contributed by atoms with E-state index in [0.29, 0.717) is 6.42 Å². The minimum Gasteiger partial charge on any atom is -0.481 e. The van der Waals surface area contributed by atoms with E-state index in [1.807, 2.05) is 13.8 Å². The first-order valence-corrected chi connectivity index (χ1v) is 7.08. The third kappa shape index (κ3) is 4.28. The first kappa shape index (κ1) is 15.5. The zero-order valence-electron chi connectivity index (χ0n) is 12.2. The summed E-state index contributed by atoms with van der Waals surface area (Å²) in [5.41, 5.74) is 0.436. The lowest BCUT2D eigenvalue weighted by atomic mass is 9.98. The molecule has 21 heavy (non-hydrogen) atoms. The Labute approximate surface area is 123 Å². The zero-order chi connectivity index (χ0) is 15.6. The number of nitrogens with one attached hydrogen (secondary N) is 1. The monoisotopic (exact) mass is 293 g/mol. The largest absolute Gasteiger partial charge is 0.481 e. The van der Waals surface area contributed by atoms with E-state index in [2.05, 4.69) is 5.32 Å². The molecule has 0 aliphatic heterocycles. The first-order chi connectivity index (χ1) is 9.78. The van der Waals surface area contributed by atoms with Gasteiger partial charge in [-0.3, -0.25) is 9.59 Å². The fourth-order valence-electron chi connectivity index (χ4n) is 2.47. The second kappa shape index (κ2) is 5.84. The molecule has 0 bridgehead atoms. The average Bonchev–Trinajstić information content (AvgIpc) is 3.17. The lowest BCUT2D eigenvalue weighted by Crippen LogP contribution is -2.44. The van der Waals surface area contributed by atoms with Crippen LogP contribution in [0.4, 0.5) is 4.39 Å². The van der Waals surface area contributed by atoms with Gasteiger partial charge in [-0.2, -0.15) is 0 Å². The van der Waals surface area contributed by atoms with Gasteiger partial charge in [0.05, 0.1) is 0 Å². The maximum absolute atomic E-state index is 12.9. The predicted molar refractivity (Wildman–Crippen MR) is 76.3 cm³/mol. The van der Waals surface area contributed by atoms with Gasteiger partial charge in [-0.15, -0.1) is 0 Å². The fourth-order valence-corrected chi connectivity index (χ4v) is 2.47. The summed E-state index contributed by atoms with van der Waals surface area (Å²) in [5.74, 6) is -1.16. The molecule has 1 saturated carbocycles.